The first-order valence-electron chi connectivity index (χ1n) is 6.74. The van der Waals surface area contributed by atoms with Crippen LogP contribution in [0.25, 0.3) is 0 Å². The van der Waals surface area contributed by atoms with Gasteiger partial charge in [-0.2, -0.15) is 5.26 Å². The Hall–Kier alpha value is -2.38. The molecule has 1 aliphatic heterocycles. The number of benzene rings is 1. The number of hydrogen-bond acceptors (Lipinski definition) is 4. The van der Waals surface area contributed by atoms with Crippen molar-refractivity contribution >= 4 is 5.69 Å². The molecular formula is C16H16N4. The van der Waals surface area contributed by atoms with Gasteiger partial charge in [-0.25, -0.2) is 4.98 Å². The van der Waals surface area contributed by atoms with E-state index in [9.17, 15) is 0 Å². The summed E-state index contributed by atoms with van der Waals surface area (Å²) < 4.78 is 0. The summed E-state index contributed by atoms with van der Waals surface area (Å²) in [7, 11) is 0. The molecule has 0 spiro atoms. The van der Waals surface area contributed by atoms with Gasteiger partial charge in [0.15, 0.2) is 0 Å². The third kappa shape index (κ3) is 2.13. The molecule has 0 aliphatic carbocycles. The van der Waals surface area contributed by atoms with Crippen LogP contribution in [0.2, 0.25) is 0 Å². The fourth-order valence-corrected chi connectivity index (χ4v) is 2.84. The van der Waals surface area contributed by atoms with Crippen molar-refractivity contribution in [1.29, 1.82) is 5.26 Å². The van der Waals surface area contributed by atoms with E-state index in [0.29, 0.717) is 12.2 Å². The molecule has 1 aromatic heterocycles. The number of fused-ring (bicyclic) bond motifs is 1. The van der Waals surface area contributed by atoms with Crippen molar-refractivity contribution < 1.29 is 0 Å². The summed E-state index contributed by atoms with van der Waals surface area (Å²) >= 11 is 0. The molecule has 2 heterocycles. The lowest BCUT2D eigenvalue weighted by Crippen LogP contribution is -2.39. The van der Waals surface area contributed by atoms with Crippen molar-refractivity contribution in [3.05, 3.63) is 59.4 Å². The SMILES string of the molecule is N#Cc1ccc(N2CCc3ccccc3C2CN)cn1. The lowest BCUT2D eigenvalue weighted by molar-refractivity contribution is 0.589. The maximum absolute atomic E-state index is 8.82. The van der Waals surface area contributed by atoms with Crippen molar-refractivity contribution in [1.82, 2.24) is 4.98 Å². The first-order chi connectivity index (χ1) is 9.83. The minimum atomic E-state index is 0.176. The largest absolute Gasteiger partial charge is 0.362 e. The van der Waals surface area contributed by atoms with E-state index >= 15 is 0 Å². The Bertz CT molecular complexity index is 642. The zero-order valence-corrected chi connectivity index (χ0v) is 11.2. The predicted molar refractivity (Wildman–Crippen MR) is 78.2 cm³/mol. The van der Waals surface area contributed by atoms with Crippen molar-refractivity contribution in [3.8, 4) is 6.07 Å². The number of pyridine rings is 1. The van der Waals surface area contributed by atoms with Crippen LogP contribution in [0.1, 0.15) is 22.9 Å². The van der Waals surface area contributed by atoms with Crippen molar-refractivity contribution in [2.24, 2.45) is 5.73 Å². The summed E-state index contributed by atoms with van der Waals surface area (Å²) in [4.78, 5) is 6.43. The number of nitrogens with zero attached hydrogens (tertiary/aromatic N) is 3. The number of nitriles is 1. The van der Waals surface area contributed by atoms with E-state index in [1.165, 1.54) is 11.1 Å². The lowest BCUT2D eigenvalue weighted by Gasteiger charge is -2.38. The molecule has 1 unspecified atom stereocenters. The highest BCUT2D eigenvalue weighted by Gasteiger charge is 2.26. The first kappa shape index (κ1) is 12.6. The molecule has 4 heteroatoms. The van der Waals surface area contributed by atoms with E-state index in [0.717, 1.165) is 18.7 Å². The third-order valence-electron chi connectivity index (χ3n) is 3.83. The Morgan fingerprint density at radius 2 is 2.15 bits per heavy atom. The van der Waals surface area contributed by atoms with Gasteiger partial charge in [-0.15, -0.1) is 0 Å². The average Bonchev–Trinajstić information content (AvgIpc) is 2.54. The minimum Gasteiger partial charge on any atom is -0.362 e. The monoisotopic (exact) mass is 264 g/mol. The number of anilines is 1. The fraction of sp³-hybridized carbons (Fsp3) is 0.250. The second-order valence-electron chi connectivity index (χ2n) is 4.91. The van der Waals surface area contributed by atoms with Gasteiger partial charge in [-0.1, -0.05) is 24.3 Å². The Morgan fingerprint density at radius 3 is 2.85 bits per heavy atom. The van der Waals surface area contributed by atoms with Gasteiger partial charge in [0.25, 0.3) is 0 Å². The Kier molecular flexibility index (Phi) is 3.36. The van der Waals surface area contributed by atoms with Gasteiger partial charge in [0.1, 0.15) is 11.8 Å². The second-order valence-corrected chi connectivity index (χ2v) is 4.91. The highest BCUT2D eigenvalue weighted by molar-refractivity contribution is 5.52. The molecule has 1 atom stereocenters. The van der Waals surface area contributed by atoms with Crippen LogP contribution in [0.15, 0.2) is 42.6 Å². The topological polar surface area (TPSA) is 65.9 Å². The summed E-state index contributed by atoms with van der Waals surface area (Å²) in [6.07, 6.45) is 2.77. The van der Waals surface area contributed by atoms with E-state index in [4.69, 9.17) is 11.0 Å². The van der Waals surface area contributed by atoms with E-state index in [-0.39, 0.29) is 6.04 Å². The maximum atomic E-state index is 8.82. The van der Waals surface area contributed by atoms with Gasteiger partial charge in [0.05, 0.1) is 17.9 Å². The van der Waals surface area contributed by atoms with Crippen LogP contribution in [0.3, 0.4) is 0 Å². The molecular weight excluding hydrogens is 248 g/mol. The molecule has 20 heavy (non-hydrogen) atoms. The molecule has 1 aliphatic rings. The standard InChI is InChI=1S/C16H16N4/c17-9-13-5-6-14(11-19-13)20-8-7-12-3-1-2-4-15(12)16(20)10-18/h1-6,11,16H,7-8,10,18H2. The molecule has 0 radical (unpaired) electrons. The van der Waals surface area contributed by atoms with E-state index < -0.39 is 0 Å². The number of rotatable bonds is 2. The van der Waals surface area contributed by atoms with Crippen LogP contribution < -0.4 is 10.6 Å². The third-order valence-corrected chi connectivity index (χ3v) is 3.83. The predicted octanol–water partition coefficient (Wildman–Crippen LogP) is 2.02. The number of aromatic nitrogens is 1. The zero-order valence-electron chi connectivity index (χ0n) is 11.2. The van der Waals surface area contributed by atoms with Gasteiger partial charge >= 0.3 is 0 Å². The van der Waals surface area contributed by atoms with Crippen LogP contribution in [0.5, 0.6) is 0 Å². The van der Waals surface area contributed by atoms with Crippen LogP contribution in [-0.2, 0) is 6.42 Å². The fourth-order valence-electron chi connectivity index (χ4n) is 2.84. The molecule has 100 valence electrons. The highest BCUT2D eigenvalue weighted by atomic mass is 15.2. The van der Waals surface area contributed by atoms with Crippen LogP contribution in [-0.4, -0.2) is 18.1 Å². The van der Waals surface area contributed by atoms with E-state index in [1.54, 1.807) is 12.3 Å². The zero-order chi connectivity index (χ0) is 13.9. The molecule has 1 aromatic carbocycles. The van der Waals surface area contributed by atoms with Gasteiger partial charge in [0.2, 0.25) is 0 Å². The number of hydrogen-bond donors (Lipinski definition) is 1. The Labute approximate surface area is 118 Å². The van der Waals surface area contributed by atoms with Crippen molar-refractivity contribution in [3.63, 3.8) is 0 Å². The molecule has 3 rings (SSSR count). The first-order valence-corrected chi connectivity index (χ1v) is 6.74. The van der Waals surface area contributed by atoms with Crippen LogP contribution in [0, 0.1) is 11.3 Å². The summed E-state index contributed by atoms with van der Waals surface area (Å²) in [6, 6.07) is 14.4. The van der Waals surface area contributed by atoms with Crippen molar-refractivity contribution in [2.75, 3.05) is 18.0 Å². The van der Waals surface area contributed by atoms with Crippen molar-refractivity contribution in [2.45, 2.75) is 12.5 Å². The van der Waals surface area contributed by atoms with Gasteiger partial charge in [-0.05, 0) is 29.7 Å². The van der Waals surface area contributed by atoms with Gasteiger partial charge < -0.3 is 10.6 Å². The average molecular weight is 264 g/mol. The summed E-state index contributed by atoms with van der Waals surface area (Å²) in [5.41, 5.74) is 10.1. The van der Waals surface area contributed by atoms with Gasteiger partial charge in [0, 0.05) is 13.1 Å². The molecule has 0 bridgehead atoms. The molecule has 0 amide bonds. The van der Waals surface area contributed by atoms with E-state index in [2.05, 4.69) is 34.1 Å². The van der Waals surface area contributed by atoms with Gasteiger partial charge in [-0.3, -0.25) is 0 Å². The summed E-state index contributed by atoms with van der Waals surface area (Å²) in [6.45, 7) is 1.49. The van der Waals surface area contributed by atoms with Crippen LogP contribution in [0.4, 0.5) is 5.69 Å². The Balaban J connectivity index is 1.96. The molecule has 2 N–H and O–H groups in total. The van der Waals surface area contributed by atoms with Crippen LogP contribution >= 0.6 is 0 Å². The normalized spacial score (nSPS) is 17.4. The van der Waals surface area contributed by atoms with E-state index in [1.807, 2.05) is 12.1 Å². The lowest BCUT2D eigenvalue weighted by atomic mass is 9.92. The number of nitrogens with two attached hydrogens (primary N) is 1. The second kappa shape index (κ2) is 5.32. The molecule has 4 nitrogen and oxygen atoms in total. The maximum Gasteiger partial charge on any atom is 0.140 e. The summed E-state index contributed by atoms with van der Waals surface area (Å²) in [5, 5.41) is 8.82. The molecule has 0 saturated carbocycles. The molecule has 2 aromatic rings. The minimum absolute atomic E-state index is 0.176. The highest BCUT2D eigenvalue weighted by Crippen LogP contribution is 2.32. The smallest absolute Gasteiger partial charge is 0.140 e. The summed E-state index contributed by atoms with van der Waals surface area (Å²) in [5.74, 6) is 0. The molecule has 0 fully saturated rings. The Morgan fingerprint density at radius 1 is 1.30 bits per heavy atom. The molecule has 0 saturated heterocycles. The quantitative estimate of drug-likeness (QED) is 0.901.